The zero-order chi connectivity index (χ0) is 24.3. The van der Waals surface area contributed by atoms with E-state index in [0.717, 1.165) is 34.0 Å². The number of nitrogens with one attached hydrogen (secondary N) is 2. The van der Waals surface area contributed by atoms with Crippen LogP contribution in [0, 0.1) is 25.7 Å². The second-order valence-electron chi connectivity index (χ2n) is 8.61. The fraction of sp³-hybridized carbons (Fsp3) is 0.417. The van der Waals surface area contributed by atoms with E-state index in [1.807, 2.05) is 13.0 Å². The summed E-state index contributed by atoms with van der Waals surface area (Å²) in [6, 6.07) is 6.22. The van der Waals surface area contributed by atoms with Gasteiger partial charge in [-0.25, -0.2) is 18.4 Å². The summed E-state index contributed by atoms with van der Waals surface area (Å²) in [4.78, 5) is 9.09. The summed E-state index contributed by atoms with van der Waals surface area (Å²) in [7, 11) is -2.60. The number of aryl methyl sites for hydroxylation is 2. The van der Waals surface area contributed by atoms with Gasteiger partial charge in [0.25, 0.3) is 10.0 Å². The fourth-order valence-electron chi connectivity index (χ4n) is 4.22. The summed E-state index contributed by atoms with van der Waals surface area (Å²) in [6.45, 7) is 4.43. The molecule has 4 rings (SSSR count). The van der Waals surface area contributed by atoms with Gasteiger partial charge in [-0.1, -0.05) is 30.6 Å². The molecule has 10 heteroatoms. The van der Waals surface area contributed by atoms with Gasteiger partial charge in [-0.05, 0) is 68.0 Å². The number of sulfonamides is 1. The van der Waals surface area contributed by atoms with Crippen molar-refractivity contribution in [2.24, 2.45) is 5.92 Å². The number of methoxy groups -OCH3 is 1. The van der Waals surface area contributed by atoms with E-state index in [2.05, 4.69) is 20.0 Å². The molecule has 2 aromatic heterocycles. The summed E-state index contributed by atoms with van der Waals surface area (Å²) in [6.07, 6.45) is 7.57. The van der Waals surface area contributed by atoms with Gasteiger partial charge in [-0.15, -0.1) is 0 Å². The summed E-state index contributed by atoms with van der Waals surface area (Å²) < 4.78 is 47.6. The number of hydrogen-bond acceptors (Lipinski definition) is 7. The molecule has 1 saturated carbocycles. The predicted octanol–water partition coefficient (Wildman–Crippen LogP) is 5.76. The van der Waals surface area contributed by atoms with Gasteiger partial charge in [0.1, 0.15) is 10.6 Å². The molecule has 2 heterocycles. The number of benzene rings is 1. The Bertz CT molecular complexity index is 1270. The Morgan fingerprint density at radius 2 is 1.94 bits per heavy atom. The summed E-state index contributed by atoms with van der Waals surface area (Å²) in [5.74, 6) is 0.213. The first-order valence-electron chi connectivity index (χ1n) is 11.3. The highest BCUT2D eigenvalue weighted by Crippen LogP contribution is 2.37. The van der Waals surface area contributed by atoms with Crippen molar-refractivity contribution < 1.29 is 17.5 Å². The molecular formula is C24H29FN4O3S2. The largest absolute Gasteiger partial charge is 0.495 e. The van der Waals surface area contributed by atoms with E-state index in [1.165, 1.54) is 56.6 Å². The molecule has 1 aliphatic carbocycles. The van der Waals surface area contributed by atoms with E-state index in [9.17, 15) is 12.8 Å². The van der Waals surface area contributed by atoms with Crippen LogP contribution in [0.25, 0.3) is 10.4 Å². The van der Waals surface area contributed by atoms with Crippen LogP contribution in [0.1, 0.15) is 43.4 Å². The van der Waals surface area contributed by atoms with Crippen LogP contribution >= 0.6 is 11.3 Å². The molecule has 0 saturated heterocycles. The zero-order valence-corrected chi connectivity index (χ0v) is 21.2. The summed E-state index contributed by atoms with van der Waals surface area (Å²) >= 11 is 1.51. The molecule has 0 atom stereocenters. The van der Waals surface area contributed by atoms with Crippen molar-refractivity contribution in [2.45, 2.75) is 50.8 Å². The summed E-state index contributed by atoms with van der Waals surface area (Å²) in [5.41, 5.74) is 2.20. The molecule has 0 radical (unpaired) electrons. The molecule has 0 bridgehead atoms. The van der Waals surface area contributed by atoms with Gasteiger partial charge in [0.2, 0.25) is 5.95 Å². The normalized spacial score (nSPS) is 14.7. The fourth-order valence-corrected chi connectivity index (χ4v) is 6.50. The van der Waals surface area contributed by atoms with Crippen LogP contribution in [0.5, 0.6) is 5.75 Å². The zero-order valence-electron chi connectivity index (χ0n) is 19.5. The maximum atomic E-state index is 13.3. The van der Waals surface area contributed by atoms with E-state index >= 15 is 0 Å². The maximum Gasteiger partial charge on any atom is 0.265 e. The third-order valence-electron chi connectivity index (χ3n) is 6.10. The Morgan fingerprint density at radius 3 is 2.65 bits per heavy atom. The average molecular weight is 505 g/mol. The predicted molar refractivity (Wildman–Crippen MR) is 134 cm³/mol. The number of anilines is 2. The topological polar surface area (TPSA) is 93.2 Å². The minimum Gasteiger partial charge on any atom is -0.495 e. The van der Waals surface area contributed by atoms with Crippen molar-refractivity contribution in [3.05, 3.63) is 47.7 Å². The van der Waals surface area contributed by atoms with Gasteiger partial charge in [-0.3, -0.25) is 4.72 Å². The Balaban J connectivity index is 1.60. The number of halogens is 1. The monoisotopic (exact) mass is 504 g/mol. The molecular weight excluding hydrogens is 475 g/mol. The number of rotatable bonds is 8. The lowest BCUT2D eigenvalue weighted by Crippen LogP contribution is -2.16. The lowest BCUT2D eigenvalue weighted by Gasteiger charge is -2.21. The lowest BCUT2D eigenvalue weighted by molar-refractivity contribution is 0.373. The van der Waals surface area contributed by atoms with Crippen molar-refractivity contribution in [2.75, 3.05) is 23.7 Å². The second kappa shape index (κ2) is 10.3. The average Bonchev–Trinajstić information content (AvgIpc) is 3.20. The van der Waals surface area contributed by atoms with Crippen molar-refractivity contribution in [3.63, 3.8) is 0 Å². The van der Waals surface area contributed by atoms with E-state index in [4.69, 9.17) is 4.74 Å². The molecule has 182 valence electrons. The molecule has 1 fully saturated rings. The number of thiazole rings is 1. The van der Waals surface area contributed by atoms with Crippen LogP contribution < -0.4 is 14.8 Å². The Hall–Kier alpha value is -2.72. The summed E-state index contributed by atoms with van der Waals surface area (Å²) in [5, 5.41) is 4.31. The first kappa shape index (κ1) is 24.4. The smallest absolute Gasteiger partial charge is 0.265 e. The quantitative estimate of drug-likeness (QED) is 0.379. The highest BCUT2D eigenvalue weighted by atomic mass is 32.2. The van der Waals surface area contributed by atoms with Gasteiger partial charge in [0.05, 0.1) is 29.6 Å². The van der Waals surface area contributed by atoms with Crippen LogP contribution in [0.4, 0.5) is 15.2 Å². The van der Waals surface area contributed by atoms with Gasteiger partial charge < -0.3 is 10.1 Å². The standard InChI is InChI=1S/C24H29FN4O3S2/c1-15-11-22(25)26-14-19(15)29-34(30,31)21-12-18(9-10-20(21)32-3)23-16(2)28-24(33-23)27-13-17-7-5-4-6-8-17/h9-12,14,17,29H,4-8,13H2,1-3H3,(H,27,28). The molecule has 0 unspecified atom stereocenters. The number of ether oxygens (including phenoxy) is 1. The lowest BCUT2D eigenvalue weighted by atomic mass is 9.89. The van der Waals surface area contributed by atoms with E-state index in [0.29, 0.717) is 11.5 Å². The van der Waals surface area contributed by atoms with Crippen LogP contribution in [0.2, 0.25) is 0 Å². The minimum atomic E-state index is -4.02. The van der Waals surface area contributed by atoms with Gasteiger partial charge >= 0.3 is 0 Å². The van der Waals surface area contributed by atoms with Crippen LogP contribution in [0.15, 0.2) is 35.4 Å². The van der Waals surface area contributed by atoms with Gasteiger partial charge in [-0.2, -0.15) is 4.39 Å². The van der Waals surface area contributed by atoms with Gasteiger partial charge in [0, 0.05) is 6.54 Å². The van der Waals surface area contributed by atoms with Crippen LogP contribution in [0.3, 0.4) is 0 Å². The molecule has 0 aliphatic heterocycles. The number of hydrogen-bond donors (Lipinski definition) is 2. The molecule has 0 spiro atoms. The second-order valence-corrected chi connectivity index (χ2v) is 11.3. The maximum absolute atomic E-state index is 13.3. The first-order valence-corrected chi connectivity index (χ1v) is 13.6. The SMILES string of the molecule is COc1ccc(-c2sc(NCC3CCCCC3)nc2C)cc1S(=O)(=O)Nc1cnc(F)cc1C. The van der Waals surface area contributed by atoms with Crippen molar-refractivity contribution in [1.29, 1.82) is 0 Å². The third kappa shape index (κ3) is 5.50. The minimum absolute atomic E-state index is 0.0132. The van der Waals surface area contributed by atoms with Gasteiger partial charge in [0.15, 0.2) is 5.13 Å². The molecule has 1 aromatic carbocycles. The Morgan fingerprint density at radius 1 is 1.18 bits per heavy atom. The van der Waals surface area contributed by atoms with E-state index < -0.39 is 16.0 Å². The Labute approximate surface area is 203 Å². The van der Waals surface area contributed by atoms with Crippen LogP contribution in [-0.4, -0.2) is 32.0 Å². The van der Waals surface area contributed by atoms with Crippen molar-refractivity contribution >= 4 is 32.2 Å². The molecule has 34 heavy (non-hydrogen) atoms. The number of nitrogens with zero attached hydrogens (tertiary/aromatic N) is 2. The van der Waals surface area contributed by atoms with Crippen molar-refractivity contribution in [1.82, 2.24) is 9.97 Å². The number of aromatic nitrogens is 2. The third-order valence-corrected chi connectivity index (χ3v) is 8.65. The van der Waals surface area contributed by atoms with Crippen LogP contribution in [-0.2, 0) is 10.0 Å². The van der Waals surface area contributed by atoms with E-state index in [-0.39, 0.29) is 16.3 Å². The molecule has 0 amide bonds. The molecule has 2 N–H and O–H groups in total. The van der Waals surface area contributed by atoms with Crippen molar-refractivity contribution in [3.8, 4) is 16.2 Å². The molecule has 1 aliphatic rings. The molecule has 7 nitrogen and oxygen atoms in total. The highest BCUT2D eigenvalue weighted by Gasteiger charge is 2.23. The first-order chi connectivity index (χ1) is 16.3. The number of pyridine rings is 1. The van der Waals surface area contributed by atoms with E-state index in [1.54, 1.807) is 19.1 Å². The molecule has 3 aromatic rings. The highest BCUT2D eigenvalue weighted by molar-refractivity contribution is 7.92. The Kier molecular flexibility index (Phi) is 7.37.